The molecule has 0 aromatic heterocycles. The standard InChI is InChI=1S/C19H32F2N4O2/c1-4-16(26)22-15-5-7-24(13-19(15,20)21)17(27)9-23-8-6-18(10-23)11-25(12-18)14(2)3/h14-15H,4-13H2,1-3H3,(H,22,26). The maximum Gasteiger partial charge on any atom is 0.285 e. The molecule has 0 aromatic rings. The maximum atomic E-state index is 14.4. The van der Waals surface area contributed by atoms with Crippen LogP contribution >= 0.6 is 0 Å². The van der Waals surface area contributed by atoms with Crippen molar-refractivity contribution in [2.24, 2.45) is 5.41 Å². The Kier molecular flexibility index (Phi) is 5.77. The van der Waals surface area contributed by atoms with Crippen LogP contribution in [0.25, 0.3) is 0 Å². The molecule has 3 saturated heterocycles. The van der Waals surface area contributed by atoms with Gasteiger partial charge in [-0.05, 0) is 33.2 Å². The number of halogens is 2. The van der Waals surface area contributed by atoms with Gasteiger partial charge in [0.15, 0.2) is 0 Å². The van der Waals surface area contributed by atoms with Gasteiger partial charge in [0, 0.05) is 44.1 Å². The summed E-state index contributed by atoms with van der Waals surface area (Å²) in [5.41, 5.74) is 0.284. The van der Waals surface area contributed by atoms with Gasteiger partial charge in [-0.3, -0.25) is 19.4 Å². The summed E-state index contributed by atoms with van der Waals surface area (Å²) in [6.45, 7) is 9.75. The van der Waals surface area contributed by atoms with E-state index in [0.29, 0.717) is 6.04 Å². The number of nitrogens with zero attached hydrogens (tertiary/aromatic N) is 3. The summed E-state index contributed by atoms with van der Waals surface area (Å²) in [6, 6.07) is -0.635. The monoisotopic (exact) mass is 386 g/mol. The SMILES string of the molecule is CCC(=O)NC1CCN(C(=O)CN2CCC3(C2)CN(C(C)C)C3)CC1(F)F. The normalized spacial score (nSPS) is 27.8. The van der Waals surface area contributed by atoms with E-state index in [1.54, 1.807) is 6.92 Å². The number of piperidine rings is 1. The molecule has 1 unspecified atom stereocenters. The van der Waals surface area contributed by atoms with Crippen molar-refractivity contribution in [1.82, 2.24) is 20.0 Å². The predicted molar refractivity (Wildman–Crippen MR) is 98.6 cm³/mol. The minimum atomic E-state index is -3.09. The van der Waals surface area contributed by atoms with Crippen LogP contribution in [0.3, 0.4) is 0 Å². The number of alkyl halides is 2. The molecule has 3 rings (SSSR count). The van der Waals surface area contributed by atoms with E-state index in [1.807, 2.05) is 0 Å². The van der Waals surface area contributed by atoms with Gasteiger partial charge in [0.25, 0.3) is 5.92 Å². The minimum Gasteiger partial charge on any atom is -0.347 e. The first-order chi connectivity index (χ1) is 12.6. The topological polar surface area (TPSA) is 55.9 Å². The van der Waals surface area contributed by atoms with E-state index in [9.17, 15) is 18.4 Å². The Morgan fingerprint density at radius 2 is 1.85 bits per heavy atom. The van der Waals surface area contributed by atoms with Crippen LogP contribution in [0.5, 0.6) is 0 Å². The van der Waals surface area contributed by atoms with Crippen molar-refractivity contribution in [3.8, 4) is 0 Å². The molecular weight excluding hydrogens is 354 g/mol. The molecule has 0 radical (unpaired) electrons. The molecule has 3 heterocycles. The molecule has 0 aromatic carbocycles. The first-order valence-electron chi connectivity index (χ1n) is 10.1. The predicted octanol–water partition coefficient (Wildman–Crippen LogP) is 1.16. The van der Waals surface area contributed by atoms with Gasteiger partial charge >= 0.3 is 0 Å². The van der Waals surface area contributed by atoms with Crippen LogP contribution in [-0.2, 0) is 9.59 Å². The van der Waals surface area contributed by atoms with E-state index in [1.165, 1.54) is 4.90 Å². The second kappa shape index (κ2) is 7.62. The molecule has 1 spiro atoms. The Hall–Kier alpha value is -1.28. The highest BCUT2D eigenvalue weighted by Crippen LogP contribution is 2.40. The van der Waals surface area contributed by atoms with Crippen LogP contribution in [0, 0.1) is 5.41 Å². The van der Waals surface area contributed by atoms with Gasteiger partial charge in [0.2, 0.25) is 11.8 Å². The number of carbonyl (C=O) groups is 2. The molecule has 3 aliphatic rings. The van der Waals surface area contributed by atoms with Crippen molar-refractivity contribution in [1.29, 1.82) is 0 Å². The zero-order valence-corrected chi connectivity index (χ0v) is 16.6. The summed E-state index contributed by atoms with van der Waals surface area (Å²) in [4.78, 5) is 29.8. The molecule has 1 atom stereocenters. The number of hydrogen-bond donors (Lipinski definition) is 1. The molecule has 2 amide bonds. The summed E-state index contributed by atoms with van der Waals surface area (Å²) in [6.07, 6.45) is 1.35. The van der Waals surface area contributed by atoms with Crippen molar-refractivity contribution >= 4 is 11.8 Å². The van der Waals surface area contributed by atoms with Gasteiger partial charge in [0.05, 0.1) is 19.1 Å². The Morgan fingerprint density at radius 1 is 1.15 bits per heavy atom. The van der Waals surface area contributed by atoms with Gasteiger partial charge in [-0.15, -0.1) is 0 Å². The fourth-order valence-electron chi connectivity index (χ4n) is 4.52. The zero-order valence-electron chi connectivity index (χ0n) is 16.6. The highest BCUT2D eigenvalue weighted by Gasteiger charge is 2.49. The van der Waals surface area contributed by atoms with E-state index in [0.717, 1.165) is 32.6 Å². The van der Waals surface area contributed by atoms with Crippen LogP contribution < -0.4 is 5.32 Å². The third-order valence-electron chi connectivity index (χ3n) is 6.29. The van der Waals surface area contributed by atoms with E-state index in [-0.39, 0.29) is 43.2 Å². The van der Waals surface area contributed by atoms with E-state index in [2.05, 4.69) is 29.0 Å². The molecule has 6 nitrogen and oxygen atoms in total. The summed E-state index contributed by atoms with van der Waals surface area (Å²) < 4.78 is 28.7. The Bertz CT molecular complexity index is 578. The zero-order chi connectivity index (χ0) is 19.8. The van der Waals surface area contributed by atoms with Crippen molar-refractivity contribution in [2.75, 3.05) is 45.8 Å². The Labute approximate surface area is 160 Å². The lowest BCUT2D eigenvalue weighted by atomic mass is 9.78. The average molecular weight is 386 g/mol. The molecule has 3 fully saturated rings. The number of rotatable bonds is 5. The Balaban J connectivity index is 1.48. The molecule has 0 bridgehead atoms. The smallest absolute Gasteiger partial charge is 0.285 e. The molecular formula is C19H32F2N4O2. The summed E-state index contributed by atoms with van der Waals surface area (Å²) in [5.74, 6) is -3.69. The second-order valence-electron chi connectivity index (χ2n) is 8.80. The van der Waals surface area contributed by atoms with Gasteiger partial charge in [-0.25, -0.2) is 8.78 Å². The molecule has 154 valence electrons. The number of carbonyl (C=O) groups excluding carboxylic acids is 2. The number of amides is 2. The fourth-order valence-corrected chi connectivity index (χ4v) is 4.52. The van der Waals surface area contributed by atoms with Gasteiger partial charge < -0.3 is 10.2 Å². The van der Waals surface area contributed by atoms with Crippen LogP contribution in [-0.4, -0.2) is 90.3 Å². The lowest BCUT2D eigenvalue weighted by molar-refractivity contribution is -0.148. The lowest BCUT2D eigenvalue weighted by Gasteiger charge is -2.50. The largest absolute Gasteiger partial charge is 0.347 e. The quantitative estimate of drug-likeness (QED) is 0.771. The summed E-state index contributed by atoms with van der Waals surface area (Å²) in [5, 5.41) is 2.39. The maximum absolute atomic E-state index is 14.4. The van der Waals surface area contributed by atoms with Crippen molar-refractivity contribution in [3.63, 3.8) is 0 Å². The fraction of sp³-hybridized carbons (Fsp3) is 0.895. The molecule has 0 aliphatic carbocycles. The van der Waals surface area contributed by atoms with Gasteiger partial charge in [-0.2, -0.15) is 0 Å². The first-order valence-corrected chi connectivity index (χ1v) is 10.1. The third-order valence-corrected chi connectivity index (χ3v) is 6.29. The number of nitrogens with one attached hydrogen (secondary N) is 1. The van der Waals surface area contributed by atoms with E-state index in [4.69, 9.17) is 0 Å². The third kappa shape index (κ3) is 4.42. The van der Waals surface area contributed by atoms with E-state index < -0.39 is 18.5 Å². The van der Waals surface area contributed by atoms with Crippen LogP contribution in [0.1, 0.15) is 40.0 Å². The van der Waals surface area contributed by atoms with Gasteiger partial charge in [0.1, 0.15) is 0 Å². The number of likely N-dealkylation sites (tertiary alicyclic amines) is 3. The van der Waals surface area contributed by atoms with E-state index >= 15 is 0 Å². The van der Waals surface area contributed by atoms with Crippen LogP contribution in [0.15, 0.2) is 0 Å². The minimum absolute atomic E-state index is 0.0950. The molecule has 1 N–H and O–H groups in total. The lowest BCUT2D eigenvalue weighted by Crippen LogP contribution is -2.61. The highest BCUT2D eigenvalue weighted by atomic mass is 19.3. The van der Waals surface area contributed by atoms with Crippen molar-refractivity contribution in [2.45, 2.75) is 58.0 Å². The average Bonchev–Trinajstić information content (AvgIpc) is 2.98. The Morgan fingerprint density at radius 3 is 2.44 bits per heavy atom. The summed E-state index contributed by atoms with van der Waals surface area (Å²) >= 11 is 0. The highest BCUT2D eigenvalue weighted by molar-refractivity contribution is 5.79. The molecule has 8 heteroatoms. The molecule has 27 heavy (non-hydrogen) atoms. The van der Waals surface area contributed by atoms with Crippen molar-refractivity contribution in [3.05, 3.63) is 0 Å². The first kappa shape index (κ1) is 20.5. The molecule has 0 saturated carbocycles. The molecule has 3 aliphatic heterocycles. The van der Waals surface area contributed by atoms with Gasteiger partial charge in [-0.1, -0.05) is 6.92 Å². The second-order valence-corrected chi connectivity index (χ2v) is 8.80. The van der Waals surface area contributed by atoms with Crippen LogP contribution in [0.2, 0.25) is 0 Å². The number of hydrogen-bond acceptors (Lipinski definition) is 4. The van der Waals surface area contributed by atoms with Crippen molar-refractivity contribution < 1.29 is 18.4 Å². The van der Waals surface area contributed by atoms with Crippen LogP contribution in [0.4, 0.5) is 8.78 Å². The summed E-state index contributed by atoms with van der Waals surface area (Å²) in [7, 11) is 0.